The summed E-state index contributed by atoms with van der Waals surface area (Å²) in [6.45, 7) is 0. The minimum Gasteiger partial charge on any atom is -0.454 e. The highest BCUT2D eigenvalue weighted by molar-refractivity contribution is 6.15. The van der Waals surface area contributed by atoms with E-state index in [4.69, 9.17) is 14.4 Å². The number of fused-ring (bicyclic) bond motifs is 5. The van der Waals surface area contributed by atoms with Gasteiger partial charge in [0.1, 0.15) is 11.1 Å². The number of aromatic nitrogens is 2. The van der Waals surface area contributed by atoms with E-state index in [1.165, 1.54) is 16.7 Å². The molecule has 0 bridgehead atoms. The molecule has 0 radical (unpaired) electrons. The van der Waals surface area contributed by atoms with Crippen LogP contribution in [0.5, 0.6) is 0 Å². The third-order valence-corrected chi connectivity index (χ3v) is 7.70. The predicted octanol–water partition coefficient (Wildman–Crippen LogP) is 10.2. The zero-order valence-corrected chi connectivity index (χ0v) is 22.2. The SMILES string of the molecule is c1ccc(-c2cccc(-c3ccc(-c4nc(-c5ccccc5)c5ccc6c7ccccc7oc6c5n4)cc3)c2)cc1. The molecular weight excluding hydrogens is 500 g/mol. The Kier molecular flexibility index (Phi) is 5.46. The summed E-state index contributed by atoms with van der Waals surface area (Å²) in [5.41, 5.74) is 10.1. The molecule has 41 heavy (non-hydrogen) atoms. The maximum Gasteiger partial charge on any atom is 0.161 e. The van der Waals surface area contributed by atoms with Crippen LogP contribution < -0.4 is 0 Å². The van der Waals surface area contributed by atoms with E-state index in [0.717, 1.165) is 55.2 Å². The molecule has 2 heterocycles. The van der Waals surface area contributed by atoms with Gasteiger partial charge < -0.3 is 4.42 Å². The van der Waals surface area contributed by atoms with Gasteiger partial charge in [-0.15, -0.1) is 0 Å². The van der Waals surface area contributed by atoms with Crippen LogP contribution in [0.4, 0.5) is 0 Å². The van der Waals surface area contributed by atoms with E-state index in [2.05, 4.69) is 103 Å². The monoisotopic (exact) mass is 524 g/mol. The van der Waals surface area contributed by atoms with E-state index in [1.54, 1.807) is 0 Å². The molecule has 0 aliphatic heterocycles. The first kappa shape index (κ1) is 23.4. The molecule has 192 valence electrons. The van der Waals surface area contributed by atoms with E-state index in [-0.39, 0.29) is 0 Å². The summed E-state index contributed by atoms with van der Waals surface area (Å²) in [5, 5.41) is 3.12. The Morgan fingerprint density at radius 3 is 1.73 bits per heavy atom. The molecule has 0 saturated heterocycles. The average molecular weight is 525 g/mol. The van der Waals surface area contributed by atoms with Gasteiger partial charge in [-0.05, 0) is 46.5 Å². The highest BCUT2D eigenvalue weighted by Crippen LogP contribution is 2.37. The van der Waals surface area contributed by atoms with Crippen LogP contribution in [0, 0.1) is 0 Å². The largest absolute Gasteiger partial charge is 0.454 e. The number of benzene rings is 6. The lowest BCUT2D eigenvalue weighted by Gasteiger charge is -2.11. The minimum absolute atomic E-state index is 0.675. The van der Waals surface area contributed by atoms with Gasteiger partial charge in [-0.1, -0.05) is 121 Å². The molecule has 0 saturated carbocycles. The molecule has 0 spiro atoms. The number of hydrogen-bond donors (Lipinski definition) is 0. The van der Waals surface area contributed by atoms with Crippen molar-refractivity contribution in [2.45, 2.75) is 0 Å². The van der Waals surface area contributed by atoms with E-state index in [0.29, 0.717) is 5.82 Å². The fourth-order valence-corrected chi connectivity index (χ4v) is 5.64. The predicted molar refractivity (Wildman–Crippen MR) is 169 cm³/mol. The van der Waals surface area contributed by atoms with Crippen molar-refractivity contribution in [3.8, 4) is 44.9 Å². The Labute approximate surface area is 237 Å². The molecule has 2 aromatic heterocycles. The van der Waals surface area contributed by atoms with E-state index in [1.807, 2.05) is 42.5 Å². The van der Waals surface area contributed by atoms with Crippen molar-refractivity contribution >= 4 is 32.8 Å². The van der Waals surface area contributed by atoms with Crippen LogP contribution in [0.25, 0.3) is 77.7 Å². The smallest absolute Gasteiger partial charge is 0.161 e. The first-order valence-electron chi connectivity index (χ1n) is 13.8. The maximum atomic E-state index is 6.38. The second kappa shape index (κ2) is 9.58. The zero-order valence-electron chi connectivity index (χ0n) is 22.2. The second-order valence-electron chi connectivity index (χ2n) is 10.2. The van der Waals surface area contributed by atoms with Gasteiger partial charge in [-0.25, -0.2) is 9.97 Å². The molecule has 0 aliphatic rings. The molecule has 8 rings (SSSR count). The van der Waals surface area contributed by atoms with Gasteiger partial charge >= 0.3 is 0 Å². The summed E-state index contributed by atoms with van der Waals surface area (Å²) in [4.78, 5) is 10.2. The summed E-state index contributed by atoms with van der Waals surface area (Å²) in [6, 6.07) is 50.3. The van der Waals surface area contributed by atoms with Crippen molar-refractivity contribution in [1.29, 1.82) is 0 Å². The Bertz CT molecular complexity index is 2180. The average Bonchev–Trinajstić information content (AvgIpc) is 3.45. The summed E-state index contributed by atoms with van der Waals surface area (Å²) < 4.78 is 6.38. The molecule has 8 aromatic rings. The van der Waals surface area contributed by atoms with Crippen LogP contribution in [0.15, 0.2) is 150 Å². The van der Waals surface area contributed by atoms with Crippen LogP contribution in [0.2, 0.25) is 0 Å². The highest BCUT2D eigenvalue weighted by Gasteiger charge is 2.17. The summed E-state index contributed by atoms with van der Waals surface area (Å²) in [7, 11) is 0. The summed E-state index contributed by atoms with van der Waals surface area (Å²) in [5.74, 6) is 0.675. The van der Waals surface area contributed by atoms with Crippen molar-refractivity contribution in [1.82, 2.24) is 9.97 Å². The number of furan rings is 1. The lowest BCUT2D eigenvalue weighted by Crippen LogP contribution is -1.95. The quantitative estimate of drug-likeness (QED) is 0.230. The van der Waals surface area contributed by atoms with Crippen molar-refractivity contribution in [3.63, 3.8) is 0 Å². The fraction of sp³-hybridized carbons (Fsp3) is 0. The number of hydrogen-bond acceptors (Lipinski definition) is 3. The Morgan fingerprint density at radius 2 is 0.976 bits per heavy atom. The fourth-order valence-electron chi connectivity index (χ4n) is 5.64. The van der Waals surface area contributed by atoms with Gasteiger partial charge in [-0.2, -0.15) is 0 Å². The maximum absolute atomic E-state index is 6.38. The molecule has 0 fully saturated rings. The van der Waals surface area contributed by atoms with Gasteiger partial charge in [0.2, 0.25) is 0 Å². The second-order valence-corrected chi connectivity index (χ2v) is 10.2. The zero-order chi connectivity index (χ0) is 27.2. The standard InChI is InChI=1S/C38H24N2O/c1-3-10-25(11-4-1)29-14-9-15-30(24-29)26-18-20-28(21-19-26)38-39-35(27-12-5-2-6-13-27)33-23-22-32-31-16-7-8-17-34(31)41-37(32)36(33)40-38/h1-24H. The third kappa shape index (κ3) is 4.07. The normalized spacial score (nSPS) is 11.4. The minimum atomic E-state index is 0.675. The van der Waals surface area contributed by atoms with Gasteiger partial charge in [-0.3, -0.25) is 0 Å². The third-order valence-electron chi connectivity index (χ3n) is 7.70. The molecule has 3 heteroatoms. The highest BCUT2D eigenvalue weighted by atomic mass is 16.3. The Balaban J connectivity index is 1.28. The first-order chi connectivity index (χ1) is 20.3. The molecule has 6 aromatic carbocycles. The van der Waals surface area contributed by atoms with Crippen LogP contribution in [0.1, 0.15) is 0 Å². The Morgan fingerprint density at radius 1 is 0.390 bits per heavy atom. The van der Waals surface area contributed by atoms with Crippen LogP contribution in [-0.2, 0) is 0 Å². The van der Waals surface area contributed by atoms with Crippen LogP contribution in [0.3, 0.4) is 0 Å². The molecule has 0 N–H and O–H groups in total. The summed E-state index contributed by atoms with van der Waals surface area (Å²) >= 11 is 0. The molecule has 3 nitrogen and oxygen atoms in total. The molecule has 0 unspecified atom stereocenters. The lowest BCUT2D eigenvalue weighted by molar-refractivity contribution is 0.671. The van der Waals surface area contributed by atoms with Crippen molar-refractivity contribution in [2.75, 3.05) is 0 Å². The van der Waals surface area contributed by atoms with Gasteiger partial charge in [0.25, 0.3) is 0 Å². The lowest BCUT2D eigenvalue weighted by atomic mass is 9.98. The number of nitrogens with zero attached hydrogens (tertiary/aromatic N) is 2. The Hall–Kier alpha value is -5.54. The van der Waals surface area contributed by atoms with Crippen molar-refractivity contribution in [3.05, 3.63) is 146 Å². The summed E-state index contributed by atoms with van der Waals surface area (Å²) in [6.07, 6.45) is 0. The van der Waals surface area contributed by atoms with E-state index < -0.39 is 0 Å². The number of rotatable bonds is 4. The number of para-hydroxylation sites is 1. The molecule has 0 aliphatic carbocycles. The van der Waals surface area contributed by atoms with Crippen LogP contribution >= 0.6 is 0 Å². The molecule has 0 atom stereocenters. The topological polar surface area (TPSA) is 38.9 Å². The molecule has 0 amide bonds. The van der Waals surface area contributed by atoms with Crippen molar-refractivity contribution in [2.24, 2.45) is 0 Å². The van der Waals surface area contributed by atoms with Gasteiger partial charge in [0, 0.05) is 27.3 Å². The van der Waals surface area contributed by atoms with Crippen LogP contribution in [-0.4, -0.2) is 9.97 Å². The van der Waals surface area contributed by atoms with E-state index in [9.17, 15) is 0 Å². The molecular formula is C38H24N2O. The van der Waals surface area contributed by atoms with Crippen molar-refractivity contribution < 1.29 is 4.42 Å². The first-order valence-corrected chi connectivity index (χ1v) is 13.8. The van der Waals surface area contributed by atoms with E-state index >= 15 is 0 Å². The van der Waals surface area contributed by atoms with Gasteiger partial charge in [0.15, 0.2) is 11.4 Å². The van der Waals surface area contributed by atoms with Gasteiger partial charge in [0.05, 0.1) is 5.69 Å².